The van der Waals surface area contributed by atoms with Crippen molar-refractivity contribution in [2.24, 2.45) is 0 Å². The molecule has 0 aromatic heterocycles. The molecule has 0 saturated heterocycles. The van der Waals surface area contributed by atoms with E-state index in [-0.39, 0.29) is 5.97 Å². The first-order valence-corrected chi connectivity index (χ1v) is 5.50. The topological polar surface area (TPSA) is 26.3 Å². The maximum atomic E-state index is 13.6. The van der Waals surface area contributed by atoms with Gasteiger partial charge in [-0.1, -0.05) is 30.3 Å². The third-order valence-corrected chi connectivity index (χ3v) is 2.48. The number of carbonyl (C=O) groups excluding carboxylic acids is 1. The Bertz CT molecular complexity index is 311. The van der Waals surface area contributed by atoms with E-state index in [0.29, 0.717) is 31.2 Å². The van der Waals surface area contributed by atoms with E-state index in [1.165, 1.54) is 7.11 Å². The second-order valence-electron chi connectivity index (χ2n) is 3.70. The van der Waals surface area contributed by atoms with E-state index in [0.717, 1.165) is 0 Å². The fraction of sp³-hybridized carbons (Fsp3) is 0.462. The average molecular weight is 224 g/mol. The number of halogens is 1. The summed E-state index contributed by atoms with van der Waals surface area (Å²) in [5.41, 5.74) is 0.709. The SMILES string of the molecule is COC(=O)CCCCC(F)c1ccccc1. The Morgan fingerprint density at radius 2 is 2.00 bits per heavy atom. The van der Waals surface area contributed by atoms with E-state index in [4.69, 9.17) is 0 Å². The van der Waals surface area contributed by atoms with Crippen LogP contribution in [0, 0.1) is 0 Å². The summed E-state index contributed by atoms with van der Waals surface area (Å²) in [7, 11) is 1.37. The molecule has 16 heavy (non-hydrogen) atoms. The van der Waals surface area contributed by atoms with E-state index in [9.17, 15) is 9.18 Å². The van der Waals surface area contributed by atoms with Gasteiger partial charge >= 0.3 is 5.97 Å². The molecule has 0 saturated carbocycles. The molecule has 0 spiro atoms. The van der Waals surface area contributed by atoms with Crippen molar-refractivity contribution in [1.29, 1.82) is 0 Å². The largest absolute Gasteiger partial charge is 0.469 e. The standard InChI is InChI=1S/C13H17FO2/c1-16-13(15)10-6-5-9-12(14)11-7-3-2-4-8-11/h2-4,7-8,12H,5-6,9-10H2,1H3. The highest BCUT2D eigenvalue weighted by Gasteiger charge is 2.09. The molecule has 1 atom stereocenters. The molecule has 0 aliphatic heterocycles. The first-order chi connectivity index (χ1) is 7.74. The highest BCUT2D eigenvalue weighted by molar-refractivity contribution is 5.68. The van der Waals surface area contributed by atoms with Crippen molar-refractivity contribution in [3.8, 4) is 0 Å². The van der Waals surface area contributed by atoms with E-state index < -0.39 is 6.17 Å². The Hall–Kier alpha value is -1.38. The van der Waals surface area contributed by atoms with Gasteiger partial charge in [0, 0.05) is 6.42 Å². The molecular formula is C13H17FO2. The first kappa shape index (κ1) is 12.7. The molecule has 1 aromatic carbocycles. The van der Waals surface area contributed by atoms with E-state index in [1.54, 1.807) is 12.1 Å². The molecular weight excluding hydrogens is 207 g/mol. The summed E-state index contributed by atoms with van der Waals surface area (Å²) >= 11 is 0. The summed E-state index contributed by atoms with van der Waals surface area (Å²) in [4.78, 5) is 10.8. The minimum Gasteiger partial charge on any atom is -0.469 e. The van der Waals surface area contributed by atoms with Crippen LogP contribution >= 0.6 is 0 Å². The fourth-order valence-electron chi connectivity index (χ4n) is 1.52. The van der Waals surface area contributed by atoms with Crippen LogP contribution in [0.4, 0.5) is 4.39 Å². The lowest BCUT2D eigenvalue weighted by Crippen LogP contribution is -2.00. The minimum atomic E-state index is -0.932. The lowest BCUT2D eigenvalue weighted by atomic mass is 10.0. The summed E-state index contributed by atoms with van der Waals surface area (Å²) in [6.45, 7) is 0. The van der Waals surface area contributed by atoms with Crippen molar-refractivity contribution < 1.29 is 13.9 Å². The predicted molar refractivity (Wildman–Crippen MR) is 60.8 cm³/mol. The van der Waals surface area contributed by atoms with Gasteiger partial charge in [-0.2, -0.15) is 0 Å². The summed E-state index contributed by atoms with van der Waals surface area (Å²) in [5.74, 6) is -0.227. The zero-order chi connectivity index (χ0) is 11.8. The molecule has 3 heteroatoms. The molecule has 0 aliphatic carbocycles. The third-order valence-electron chi connectivity index (χ3n) is 2.48. The van der Waals surface area contributed by atoms with Crippen LogP contribution < -0.4 is 0 Å². The van der Waals surface area contributed by atoms with Gasteiger partial charge in [0.05, 0.1) is 7.11 Å². The van der Waals surface area contributed by atoms with Crippen LogP contribution in [0.5, 0.6) is 0 Å². The van der Waals surface area contributed by atoms with Crippen LogP contribution in [0.2, 0.25) is 0 Å². The lowest BCUT2D eigenvalue weighted by Gasteiger charge is -2.07. The third kappa shape index (κ3) is 4.43. The number of methoxy groups -OCH3 is 1. The smallest absolute Gasteiger partial charge is 0.305 e. The maximum absolute atomic E-state index is 13.6. The van der Waals surface area contributed by atoms with Crippen LogP contribution in [0.15, 0.2) is 30.3 Å². The van der Waals surface area contributed by atoms with Crippen molar-refractivity contribution in [1.82, 2.24) is 0 Å². The van der Waals surface area contributed by atoms with Gasteiger partial charge in [0.2, 0.25) is 0 Å². The number of unbranched alkanes of at least 4 members (excludes halogenated alkanes) is 1. The number of ether oxygens (including phenoxy) is 1. The van der Waals surface area contributed by atoms with Crippen molar-refractivity contribution in [3.05, 3.63) is 35.9 Å². The van der Waals surface area contributed by atoms with E-state index in [2.05, 4.69) is 4.74 Å². The van der Waals surface area contributed by atoms with Gasteiger partial charge in [-0.05, 0) is 24.8 Å². The highest BCUT2D eigenvalue weighted by atomic mass is 19.1. The van der Waals surface area contributed by atoms with Crippen LogP contribution in [-0.2, 0) is 9.53 Å². The van der Waals surface area contributed by atoms with E-state index >= 15 is 0 Å². The number of rotatable bonds is 6. The molecule has 1 unspecified atom stereocenters. The van der Waals surface area contributed by atoms with E-state index in [1.807, 2.05) is 18.2 Å². The Morgan fingerprint density at radius 3 is 2.62 bits per heavy atom. The molecule has 0 bridgehead atoms. The summed E-state index contributed by atoms with van der Waals surface area (Å²) in [6.07, 6.45) is 1.28. The van der Waals surface area contributed by atoms with Crippen molar-refractivity contribution in [2.45, 2.75) is 31.9 Å². The van der Waals surface area contributed by atoms with Crippen LogP contribution in [0.1, 0.15) is 37.4 Å². The lowest BCUT2D eigenvalue weighted by molar-refractivity contribution is -0.140. The Kier molecular flexibility index (Phi) is 5.54. The second-order valence-corrected chi connectivity index (χ2v) is 3.70. The second kappa shape index (κ2) is 6.99. The number of alkyl halides is 1. The number of hydrogen-bond donors (Lipinski definition) is 0. The monoisotopic (exact) mass is 224 g/mol. The zero-order valence-electron chi connectivity index (χ0n) is 9.49. The number of benzene rings is 1. The Balaban J connectivity index is 2.21. The van der Waals surface area contributed by atoms with Crippen LogP contribution in [0.25, 0.3) is 0 Å². The zero-order valence-corrected chi connectivity index (χ0v) is 9.49. The quantitative estimate of drug-likeness (QED) is 0.546. The molecule has 1 rings (SSSR count). The molecule has 88 valence electrons. The Morgan fingerprint density at radius 1 is 1.31 bits per heavy atom. The summed E-state index contributed by atoms with van der Waals surface area (Å²) in [6, 6.07) is 9.09. The number of esters is 1. The predicted octanol–water partition coefficient (Wildman–Crippen LogP) is 3.43. The molecule has 1 aromatic rings. The van der Waals surface area contributed by atoms with Gasteiger partial charge in [-0.3, -0.25) is 4.79 Å². The van der Waals surface area contributed by atoms with Gasteiger partial charge in [-0.15, -0.1) is 0 Å². The summed E-state index contributed by atoms with van der Waals surface area (Å²) < 4.78 is 18.1. The van der Waals surface area contributed by atoms with Gasteiger partial charge in [0.25, 0.3) is 0 Å². The fourth-order valence-corrected chi connectivity index (χ4v) is 1.52. The van der Waals surface area contributed by atoms with Crippen LogP contribution in [0.3, 0.4) is 0 Å². The first-order valence-electron chi connectivity index (χ1n) is 5.50. The maximum Gasteiger partial charge on any atom is 0.305 e. The number of hydrogen-bond acceptors (Lipinski definition) is 2. The molecule has 0 fully saturated rings. The minimum absolute atomic E-state index is 0.227. The molecule has 0 N–H and O–H groups in total. The van der Waals surface area contributed by atoms with Crippen molar-refractivity contribution in [2.75, 3.05) is 7.11 Å². The molecule has 2 nitrogen and oxygen atoms in total. The van der Waals surface area contributed by atoms with Gasteiger partial charge < -0.3 is 4.74 Å². The van der Waals surface area contributed by atoms with Gasteiger partial charge in [-0.25, -0.2) is 4.39 Å². The normalized spacial score (nSPS) is 12.1. The highest BCUT2D eigenvalue weighted by Crippen LogP contribution is 2.23. The molecule has 0 radical (unpaired) electrons. The van der Waals surface area contributed by atoms with Crippen LogP contribution in [-0.4, -0.2) is 13.1 Å². The van der Waals surface area contributed by atoms with Gasteiger partial charge in [0.15, 0.2) is 0 Å². The van der Waals surface area contributed by atoms with Crippen molar-refractivity contribution in [3.63, 3.8) is 0 Å². The Labute approximate surface area is 95.4 Å². The van der Waals surface area contributed by atoms with Crippen molar-refractivity contribution >= 4 is 5.97 Å². The molecule has 0 heterocycles. The van der Waals surface area contributed by atoms with Gasteiger partial charge in [0.1, 0.15) is 6.17 Å². The summed E-state index contributed by atoms with van der Waals surface area (Å²) in [5, 5.41) is 0. The number of carbonyl (C=O) groups is 1. The molecule has 0 aliphatic rings. The average Bonchev–Trinajstić information content (AvgIpc) is 2.35. The molecule has 0 amide bonds.